The van der Waals surface area contributed by atoms with E-state index in [2.05, 4.69) is 20.9 Å². The number of carbonyl (C=O) groups excluding carboxylic acids is 2. The molecule has 0 aliphatic heterocycles. The second kappa shape index (κ2) is 8.07. The number of aromatic nitrogens is 1. The first kappa shape index (κ1) is 14.9. The minimum atomic E-state index is -0.310. The van der Waals surface area contributed by atoms with Gasteiger partial charge in [0, 0.05) is 25.5 Å². The highest BCUT2D eigenvalue weighted by molar-refractivity contribution is 6.00. The molecule has 6 nitrogen and oxygen atoms in total. The van der Waals surface area contributed by atoms with Crippen LogP contribution in [0, 0.1) is 0 Å². The Balaban J connectivity index is 2.56. The quantitative estimate of drug-likeness (QED) is 0.679. The zero-order valence-electron chi connectivity index (χ0n) is 11.3. The highest BCUT2D eigenvalue weighted by Crippen LogP contribution is 2.12. The molecule has 1 heterocycles. The highest BCUT2D eigenvalue weighted by Gasteiger charge is 2.11. The van der Waals surface area contributed by atoms with E-state index in [0.29, 0.717) is 24.3 Å². The van der Waals surface area contributed by atoms with Crippen molar-refractivity contribution in [2.45, 2.75) is 20.3 Å². The number of amides is 2. The zero-order valence-corrected chi connectivity index (χ0v) is 11.3. The number of pyridine rings is 1. The number of nitrogens with zero attached hydrogens (tertiary/aromatic N) is 1. The minimum Gasteiger partial charge on any atom is -0.385 e. The molecule has 6 heteroatoms. The molecule has 3 N–H and O–H groups in total. The summed E-state index contributed by atoms with van der Waals surface area (Å²) in [6, 6.07) is 1.73. The van der Waals surface area contributed by atoms with Crippen LogP contribution in [0.15, 0.2) is 18.5 Å². The summed E-state index contributed by atoms with van der Waals surface area (Å²) < 4.78 is 0. The molecular weight excluding hydrogens is 244 g/mol. The van der Waals surface area contributed by atoms with Gasteiger partial charge in [0.2, 0.25) is 5.91 Å². The summed E-state index contributed by atoms with van der Waals surface area (Å²) in [5.74, 6) is -0.500. The lowest BCUT2D eigenvalue weighted by molar-refractivity contribution is -0.120. The van der Waals surface area contributed by atoms with Gasteiger partial charge >= 0.3 is 0 Å². The van der Waals surface area contributed by atoms with Gasteiger partial charge in [0.1, 0.15) is 0 Å². The minimum absolute atomic E-state index is 0.0285. The maximum atomic E-state index is 11.9. The molecule has 104 valence electrons. The summed E-state index contributed by atoms with van der Waals surface area (Å²) in [4.78, 5) is 27.3. The Morgan fingerprint density at radius 3 is 2.74 bits per heavy atom. The fourth-order valence-electron chi connectivity index (χ4n) is 1.50. The number of rotatable bonds is 7. The third kappa shape index (κ3) is 4.95. The molecular formula is C13H20N4O2. The van der Waals surface area contributed by atoms with E-state index in [1.54, 1.807) is 12.3 Å². The highest BCUT2D eigenvalue weighted by atomic mass is 16.2. The Morgan fingerprint density at radius 2 is 2.05 bits per heavy atom. The van der Waals surface area contributed by atoms with Gasteiger partial charge in [-0.15, -0.1) is 0 Å². The van der Waals surface area contributed by atoms with Gasteiger partial charge in [-0.25, -0.2) is 0 Å². The van der Waals surface area contributed by atoms with E-state index >= 15 is 0 Å². The summed E-state index contributed by atoms with van der Waals surface area (Å²) in [5, 5.41) is 8.35. The van der Waals surface area contributed by atoms with E-state index in [4.69, 9.17) is 0 Å². The molecule has 0 saturated carbocycles. The molecule has 0 aliphatic rings. The first-order valence-electron chi connectivity index (χ1n) is 6.41. The summed E-state index contributed by atoms with van der Waals surface area (Å²) in [7, 11) is 0. The number of carbonyl (C=O) groups is 2. The normalized spacial score (nSPS) is 9.79. The van der Waals surface area contributed by atoms with Crippen LogP contribution in [0.1, 0.15) is 30.6 Å². The van der Waals surface area contributed by atoms with Crippen LogP contribution in [-0.4, -0.2) is 36.4 Å². The maximum absolute atomic E-state index is 11.9. The van der Waals surface area contributed by atoms with E-state index in [-0.39, 0.29) is 18.4 Å². The predicted molar refractivity (Wildman–Crippen MR) is 74.0 cm³/mol. The van der Waals surface area contributed by atoms with Crippen molar-refractivity contribution in [3.8, 4) is 0 Å². The van der Waals surface area contributed by atoms with Crippen LogP contribution in [-0.2, 0) is 4.79 Å². The standard InChI is InChI=1S/C13H20N4O2/c1-3-6-16-12(18)9-17-13(19)10-8-14-7-5-11(10)15-4-2/h5,7-8H,3-4,6,9H2,1-2H3,(H,14,15)(H,16,18)(H,17,19). The average molecular weight is 264 g/mol. The third-order valence-electron chi connectivity index (χ3n) is 2.41. The number of hydrogen-bond acceptors (Lipinski definition) is 4. The monoisotopic (exact) mass is 264 g/mol. The number of anilines is 1. The fourth-order valence-corrected chi connectivity index (χ4v) is 1.50. The van der Waals surface area contributed by atoms with Crippen molar-refractivity contribution < 1.29 is 9.59 Å². The largest absolute Gasteiger partial charge is 0.385 e. The molecule has 1 rings (SSSR count). The van der Waals surface area contributed by atoms with Crippen LogP contribution in [0.3, 0.4) is 0 Å². The zero-order chi connectivity index (χ0) is 14.1. The molecule has 0 aromatic carbocycles. The Bertz CT molecular complexity index is 434. The smallest absolute Gasteiger partial charge is 0.255 e. The van der Waals surface area contributed by atoms with Gasteiger partial charge in [-0.05, 0) is 19.4 Å². The van der Waals surface area contributed by atoms with Crippen LogP contribution in [0.5, 0.6) is 0 Å². The van der Waals surface area contributed by atoms with Crippen molar-refractivity contribution in [1.29, 1.82) is 0 Å². The topological polar surface area (TPSA) is 83.1 Å². The summed E-state index contributed by atoms with van der Waals surface area (Å²) in [6.07, 6.45) is 3.97. The van der Waals surface area contributed by atoms with Gasteiger partial charge in [0.25, 0.3) is 5.91 Å². The molecule has 0 fully saturated rings. The molecule has 19 heavy (non-hydrogen) atoms. The summed E-state index contributed by atoms with van der Waals surface area (Å²) in [5.41, 5.74) is 1.15. The van der Waals surface area contributed by atoms with Crippen LogP contribution < -0.4 is 16.0 Å². The Labute approximate surface area is 113 Å². The van der Waals surface area contributed by atoms with Crippen molar-refractivity contribution in [1.82, 2.24) is 15.6 Å². The number of hydrogen-bond donors (Lipinski definition) is 3. The van der Waals surface area contributed by atoms with Gasteiger partial charge in [0.15, 0.2) is 0 Å². The van der Waals surface area contributed by atoms with Crippen molar-refractivity contribution >= 4 is 17.5 Å². The van der Waals surface area contributed by atoms with Crippen LogP contribution >= 0.6 is 0 Å². The van der Waals surface area contributed by atoms with E-state index in [1.807, 2.05) is 13.8 Å². The molecule has 0 aliphatic carbocycles. The molecule has 1 aromatic rings. The van der Waals surface area contributed by atoms with Crippen LogP contribution in [0.2, 0.25) is 0 Å². The van der Waals surface area contributed by atoms with E-state index in [1.165, 1.54) is 6.20 Å². The van der Waals surface area contributed by atoms with Gasteiger partial charge in [0.05, 0.1) is 17.8 Å². The van der Waals surface area contributed by atoms with Gasteiger partial charge in [-0.2, -0.15) is 0 Å². The van der Waals surface area contributed by atoms with Gasteiger partial charge < -0.3 is 16.0 Å². The first-order valence-corrected chi connectivity index (χ1v) is 6.41. The van der Waals surface area contributed by atoms with Gasteiger partial charge in [-0.1, -0.05) is 6.92 Å². The first-order chi connectivity index (χ1) is 9.19. The Morgan fingerprint density at radius 1 is 1.26 bits per heavy atom. The molecule has 0 spiro atoms. The van der Waals surface area contributed by atoms with E-state index in [9.17, 15) is 9.59 Å². The molecule has 0 unspecified atom stereocenters. The lowest BCUT2D eigenvalue weighted by Crippen LogP contribution is -2.37. The third-order valence-corrected chi connectivity index (χ3v) is 2.41. The summed E-state index contributed by atoms with van der Waals surface area (Å²) >= 11 is 0. The SMILES string of the molecule is CCCNC(=O)CNC(=O)c1cnccc1NCC. The van der Waals surface area contributed by atoms with Crippen molar-refractivity contribution in [3.05, 3.63) is 24.0 Å². The molecule has 0 bridgehead atoms. The average Bonchev–Trinajstić information content (AvgIpc) is 2.43. The maximum Gasteiger partial charge on any atom is 0.255 e. The second-order valence-corrected chi connectivity index (χ2v) is 3.98. The van der Waals surface area contributed by atoms with Crippen LogP contribution in [0.4, 0.5) is 5.69 Å². The molecule has 0 atom stereocenters. The van der Waals surface area contributed by atoms with E-state index < -0.39 is 0 Å². The summed E-state index contributed by atoms with van der Waals surface area (Å²) in [6.45, 7) is 5.21. The second-order valence-electron chi connectivity index (χ2n) is 3.98. The van der Waals surface area contributed by atoms with Crippen molar-refractivity contribution in [2.24, 2.45) is 0 Å². The Kier molecular flexibility index (Phi) is 6.35. The molecule has 1 aromatic heterocycles. The molecule has 0 radical (unpaired) electrons. The van der Waals surface area contributed by atoms with Gasteiger partial charge in [-0.3, -0.25) is 14.6 Å². The predicted octanol–water partition coefficient (Wildman–Crippen LogP) is 0.769. The lowest BCUT2D eigenvalue weighted by atomic mass is 10.2. The fraction of sp³-hybridized carbons (Fsp3) is 0.462. The van der Waals surface area contributed by atoms with Crippen molar-refractivity contribution in [3.63, 3.8) is 0 Å². The van der Waals surface area contributed by atoms with E-state index in [0.717, 1.165) is 6.42 Å². The van der Waals surface area contributed by atoms with Crippen LogP contribution in [0.25, 0.3) is 0 Å². The molecule has 2 amide bonds. The molecule has 0 saturated heterocycles. The van der Waals surface area contributed by atoms with Crippen molar-refractivity contribution in [2.75, 3.05) is 25.0 Å². The number of nitrogens with one attached hydrogen (secondary N) is 3. The lowest BCUT2D eigenvalue weighted by Gasteiger charge is -2.10. The Hall–Kier alpha value is -2.11.